The van der Waals surface area contributed by atoms with Gasteiger partial charge in [0.1, 0.15) is 5.75 Å². The summed E-state index contributed by atoms with van der Waals surface area (Å²) < 4.78 is 16.4. The lowest BCUT2D eigenvalue weighted by Gasteiger charge is -2.35. The number of carbonyl (C=O) groups is 1. The maximum atomic E-state index is 13.0. The minimum atomic E-state index is -0.0149. The number of aliphatic imine (C=N–C) groups is 1. The first-order chi connectivity index (χ1) is 16.6. The van der Waals surface area contributed by atoms with E-state index in [9.17, 15) is 4.79 Å². The summed E-state index contributed by atoms with van der Waals surface area (Å²) in [5.41, 5.74) is 5.62. The van der Waals surface area contributed by atoms with Crippen molar-refractivity contribution in [1.82, 2.24) is 0 Å². The molecule has 174 valence electrons. The van der Waals surface area contributed by atoms with E-state index in [-0.39, 0.29) is 11.8 Å². The summed E-state index contributed by atoms with van der Waals surface area (Å²) in [6, 6.07) is 19.4. The van der Waals surface area contributed by atoms with E-state index in [1.165, 1.54) is 18.4 Å². The minimum Gasteiger partial charge on any atom is -0.497 e. The molecule has 0 aromatic heterocycles. The van der Waals surface area contributed by atoms with Gasteiger partial charge in [-0.1, -0.05) is 37.1 Å². The summed E-state index contributed by atoms with van der Waals surface area (Å²) in [6.07, 6.45) is 4.66. The Balaban J connectivity index is 1.51. The van der Waals surface area contributed by atoms with Gasteiger partial charge in [-0.2, -0.15) is 0 Å². The molecule has 1 aliphatic carbocycles. The van der Waals surface area contributed by atoms with Crippen molar-refractivity contribution in [2.75, 3.05) is 21.3 Å². The zero-order valence-electron chi connectivity index (χ0n) is 19.8. The van der Waals surface area contributed by atoms with E-state index >= 15 is 0 Å². The molecule has 0 unspecified atom stereocenters. The van der Waals surface area contributed by atoms with Crippen LogP contribution in [0.1, 0.15) is 64.2 Å². The Hall–Kier alpha value is -3.60. The number of nitrogens with zero attached hydrogens (tertiary/aromatic N) is 1. The molecule has 5 rings (SSSR count). The van der Waals surface area contributed by atoms with E-state index in [2.05, 4.69) is 6.07 Å². The number of hydrogen-bond donors (Lipinski definition) is 0. The summed E-state index contributed by atoms with van der Waals surface area (Å²) in [6.45, 7) is 0. The van der Waals surface area contributed by atoms with Crippen LogP contribution in [0, 0.1) is 0 Å². The van der Waals surface area contributed by atoms with Crippen LogP contribution in [-0.2, 0) is 0 Å². The fraction of sp³-hybridized carbons (Fsp3) is 0.310. The molecule has 1 aliphatic heterocycles. The SMILES string of the molecule is COc1ccc(C(=O)c2ccc(C3=N[C@@H]4CCCC[C@@H]4c4cc(OC)c(OC)cc43)cc2)cc1. The van der Waals surface area contributed by atoms with Gasteiger partial charge in [0.15, 0.2) is 17.3 Å². The van der Waals surface area contributed by atoms with Crippen molar-refractivity contribution >= 4 is 11.5 Å². The van der Waals surface area contributed by atoms with Gasteiger partial charge in [-0.05, 0) is 54.8 Å². The predicted molar refractivity (Wildman–Crippen MR) is 133 cm³/mol. The molecule has 5 nitrogen and oxygen atoms in total. The molecule has 0 bridgehead atoms. The van der Waals surface area contributed by atoms with Gasteiger partial charge < -0.3 is 14.2 Å². The number of hydrogen-bond acceptors (Lipinski definition) is 5. The second-order valence-corrected chi connectivity index (χ2v) is 8.87. The number of ether oxygens (including phenoxy) is 3. The highest BCUT2D eigenvalue weighted by atomic mass is 16.5. The normalized spacial score (nSPS) is 18.9. The van der Waals surface area contributed by atoms with E-state index in [1.807, 2.05) is 30.3 Å². The molecule has 0 radical (unpaired) electrons. The maximum absolute atomic E-state index is 13.0. The average molecular weight is 456 g/mol. The number of carbonyl (C=O) groups excluding carboxylic acids is 1. The van der Waals surface area contributed by atoms with Gasteiger partial charge in [0.2, 0.25) is 0 Å². The van der Waals surface area contributed by atoms with E-state index in [4.69, 9.17) is 19.2 Å². The molecule has 2 atom stereocenters. The second kappa shape index (κ2) is 9.34. The molecule has 1 heterocycles. The van der Waals surface area contributed by atoms with Crippen LogP contribution in [0.4, 0.5) is 0 Å². The Labute approximate surface area is 200 Å². The molecule has 3 aromatic carbocycles. The molecule has 0 spiro atoms. The molecule has 0 amide bonds. The highest BCUT2D eigenvalue weighted by Crippen LogP contribution is 2.44. The van der Waals surface area contributed by atoms with Crippen LogP contribution in [-0.4, -0.2) is 38.9 Å². The maximum Gasteiger partial charge on any atom is 0.193 e. The number of rotatable bonds is 6. The highest BCUT2D eigenvalue weighted by molar-refractivity contribution is 6.16. The number of benzene rings is 3. The Kier molecular flexibility index (Phi) is 6.10. The third-order valence-corrected chi connectivity index (χ3v) is 7.01. The molecular weight excluding hydrogens is 426 g/mol. The van der Waals surface area contributed by atoms with Crippen molar-refractivity contribution in [3.05, 3.63) is 88.5 Å². The Morgan fingerprint density at radius 3 is 2.06 bits per heavy atom. The van der Waals surface area contributed by atoms with Gasteiger partial charge in [-0.25, -0.2) is 0 Å². The van der Waals surface area contributed by atoms with Gasteiger partial charge >= 0.3 is 0 Å². The van der Waals surface area contributed by atoms with Gasteiger partial charge in [0.25, 0.3) is 0 Å². The molecule has 0 N–H and O–H groups in total. The summed E-state index contributed by atoms with van der Waals surface area (Å²) >= 11 is 0. The van der Waals surface area contributed by atoms with Crippen molar-refractivity contribution in [3.63, 3.8) is 0 Å². The van der Waals surface area contributed by atoms with Crippen molar-refractivity contribution in [3.8, 4) is 17.2 Å². The second-order valence-electron chi connectivity index (χ2n) is 8.87. The first kappa shape index (κ1) is 22.2. The monoisotopic (exact) mass is 455 g/mol. The molecular formula is C29H29NO4. The van der Waals surface area contributed by atoms with Crippen LogP contribution in [0.5, 0.6) is 17.2 Å². The first-order valence-electron chi connectivity index (χ1n) is 11.8. The summed E-state index contributed by atoms with van der Waals surface area (Å²) in [4.78, 5) is 18.2. The number of ketones is 1. The van der Waals surface area contributed by atoms with Crippen molar-refractivity contribution in [2.45, 2.75) is 37.6 Å². The largest absolute Gasteiger partial charge is 0.497 e. The summed E-state index contributed by atoms with van der Waals surface area (Å²) in [7, 11) is 4.95. The van der Waals surface area contributed by atoms with Crippen LogP contribution in [0.15, 0.2) is 65.7 Å². The molecule has 0 saturated heterocycles. The molecule has 3 aromatic rings. The quantitative estimate of drug-likeness (QED) is 0.440. The lowest BCUT2D eigenvalue weighted by Crippen LogP contribution is -2.29. The van der Waals surface area contributed by atoms with E-state index < -0.39 is 0 Å². The number of fused-ring (bicyclic) bond motifs is 3. The molecule has 1 fully saturated rings. The third-order valence-electron chi connectivity index (χ3n) is 7.01. The third kappa shape index (κ3) is 3.96. The van der Waals surface area contributed by atoms with Crippen LogP contribution >= 0.6 is 0 Å². The van der Waals surface area contributed by atoms with Crippen LogP contribution < -0.4 is 14.2 Å². The average Bonchev–Trinajstić information content (AvgIpc) is 2.91. The summed E-state index contributed by atoms with van der Waals surface area (Å²) in [5, 5.41) is 0. The Morgan fingerprint density at radius 2 is 1.41 bits per heavy atom. The predicted octanol–water partition coefficient (Wildman–Crippen LogP) is 5.82. The molecule has 1 saturated carbocycles. The fourth-order valence-corrected chi connectivity index (χ4v) is 5.19. The highest BCUT2D eigenvalue weighted by Gasteiger charge is 2.34. The van der Waals surface area contributed by atoms with Crippen LogP contribution in [0.3, 0.4) is 0 Å². The van der Waals surface area contributed by atoms with E-state index in [0.29, 0.717) is 22.8 Å². The minimum absolute atomic E-state index is 0.0149. The van der Waals surface area contributed by atoms with Gasteiger partial charge in [0, 0.05) is 28.2 Å². The topological polar surface area (TPSA) is 57.1 Å². The fourth-order valence-electron chi connectivity index (χ4n) is 5.19. The molecule has 2 aliphatic rings. The summed E-state index contributed by atoms with van der Waals surface area (Å²) in [5.74, 6) is 2.58. The lowest BCUT2D eigenvalue weighted by molar-refractivity contribution is 0.103. The van der Waals surface area contributed by atoms with Gasteiger partial charge in [-0.3, -0.25) is 9.79 Å². The van der Waals surface area contributed by atoms with Crippen molar-refractivity contribution < 1.29 is 19.0 Å². The Bertz CT molecular complexity index is 1230. The molecule has 34 heavy (non-hydrogen) atoms. The van der Waals surface area contributed by atoms with Gasteiger partial charge in [-0.15, -0.1) is 0 Å². The Morgan fingerprint density at radius 1 is 0.794 bits per heavy atom. The van der Waals surface area contributed by atoms with E-state index in [1.54, 1.807) is 45.6 Å². The lowest BCUT2D eigenvalue weighted by atomic mass is 9.75. The van der Waals surface area contributed by atoms with Gasteiger partial charge in [0.05, 0.1) is 33.1 Å². The number of methoxy groups -OCH3 is 3. The van der Waals surface area contributed by atoms with E-state index in [0.717, 1.165) is 41.2 Å². The van der Waals surface area contributed by atoms with Crippen molar-refractivity contribution in [1.29, 1.82) is 0 Å². The zero-order chi connectivity index (χ0) is 23.7. The zero-order valence-corrected chi connectivity index (χ0v) is 19.8. The van der Waals surface area contributed by atoms with Crippen LogP contribution in [0.2, 0.25) is 0 Å². The van der Waals surface area contributed by atoms with Crippen molar-refractivity contribution in [2.24, 2.45) is 4.99 Å². The first-order valence-corrected chi connectivity index (χ1v) is 11.8. The molecule has 5 heteroatoms. The smallest absolute Gasteiger partial charge is 0.193 e. The standard InChI is InChI=1S/C29H29NO4/c1-32-21-14-12-20(13-15-21)29(31)19-10-8-18(9-11-19)28-24-17-27(34-3)26(33-2)16-23(24)22-6-4-5-7-25(22)30-28/h8-17,22,25H,4-7H2,1-3H3/t22-,25-/m1/s1. The van der Waals surface area contributed by atoms with Crippen LogP contribution in [0.25, 0.3) is 0 Å².